The molecule has 14 nitrogen and oxygen atoms in total. The van der Waals surface area contributed by atoms with Gasteiger partial charge in [-0.05, 0) is 31.0 Å². The van der Waals surface area contributed by atoms with Crippen LogP contribution in [0.1, 0.15) is 66.6 Å². The molecule has 242 valence electrons. The summed E-state index contributed by atoms with van der Waals surface area (Å²) >= 11 is 0. The molecule has 1 aliphatic rings. The summed E-state index contributed by atoms with van der Waals surface area (Å²) in [4.78, 5) is 74.0. The Morgan fingerprint density at radius 3 is 1.79 bits per heavy atom. The highest BCUT2D eigenvalue weighted by Gasteiger charge is 2.26. The van der Waals surface area contributed by atoms with Crippen LogP contribution in [0.25, 0.3) is 5.76 Å². The lowest BCUT2D eigenvalue weighted by atomic mass is 9.94. The van der Waals surface area contributed by atoms with Gasteiger partial charge < -0.3 is 40.1 Å². The number of carbonyl (C=O) groups is 6. The van der Waals surface area contributed by atoms with Crippen LogP contribution in [0.15, 0.2) is 67.1 Å². The van der Waals surface area contributed by atoms with Crippen LogP contribution in [0.3, 0.4) is 0 Å². The zero-order valence-corrected chi connectivity index (χ0v) is 26.0. The Morgan fingerprint density at radius 2 is 1.23 bits per heavy atom. The summed E-state index contributed by atoms with van der Waals surface area (Å²) < 4.78 is 10.4. The van der Waals surface area contributed by atoms with Crippen molar-refractivity contribution in [2.45, 2.75) is 19.3 Å². The molecule has 4 aromatic rings. The molecule has 1 aliphatic carbocycles. The highest BCUT2D eigenvalue weighted by Crippen LogP contribution is 2.26. The predicted molar refractivity (Wildman–Crippen MR) is 173 cm³/mol. The first-order valence-electron chi connectivity index (χ1n) is 14.6. The maximum Gasteiger partial charge on any atom is 0.272 e. The molecule has 0 aliphatic heterocycles. The van der Waals surface area contributed by atoms with Gasteiger partial charge in [0.05, 0.1) is 23.7 Å². The third kappa shape index (κ3) is 7.22. The minimum absolute atomic E-state index is 0.203. The third-order valence-electron chi connectivity index (χ3n) is 7.51. The van der Waals surface area contributed by atoms with Crippen LogP contribution in [0.5, 0.6) is 0 Å². The van der Waals surface area contributed by atoms with Gasteiger partial charge in [-0.1, -0.05) is 24.3 Å². The lowest BCUT2D eigenvalue weighted by molar-refractivity contribution is -0.116. The highest BCUT2D eigenvalue weighted by atomic mass is 16.5. The minimum Gasteiger partial charge on any atom is -0.493 e. The summed E-state index contributed by atoms with van der Waals surface area (Å²) in [5, 5.41) is 8.26. The number of nitrogens with one attached hydrogen (secondary N) is 3. The zero-order valence-electron chi connectivity index (χ0n) is 26.0. The van der Waals surface area contributed by atoms with E-state index in [-0.39, 0.29) is 36.0 Å². The van der Waals surface area contributed by atoms with Crippen molar-refractivity contribution in [1.29, 1.82) is 0 Å². The number of amides is 4. The summed E-state index contributed by atoms with van der Waals surface area (Å²) in [6, 6.07) is 11.3. The van der Waals surface area contributed by atoms with Gasteiger partial charge in [-0.15, -0.1) is 0 Å². The molecule has 0 saturated heterocycles. The van der Waals surface area contributed by atoms with Gasteiger partial charge in [0.2, 0.25) is 17.5 Å². The Bertz CT molecular complexity index is 1960. The van der Waals surface area contributed by atoms with E-state index in [0.717, 1.165) is 0 Å². The lowest BCUT2D eigenvalue weighted by Crippen LogP contribution is -2.19. The number of fused-ring (bicyclic) bond motifs is 1. The van der Waals surface area contributed by atoms with E-state index in [1.54, 1.807) is 79.2 Å². The number of nitrogens with two attached hydrogens (primary N) is 1. The monoisotopic (exact) mass is 639 g/mol. The van der Waals surface area contributed by atoms with E-state index in [2.05, 4.69) is 16.0 Å². The van der Waals surface area contributed by atoms with Crippen molar-refractivity contribution in [2.75, 3.05) is 22.6 Å². The molecule has 0 saturated carbocycles. The topological polar surface area (TPSA) is 189 Å². The number of aromatic nitrogens is 3. The molecule has 1 aromatic carbocycles. The number of hydrogen-bond donors (Lipinski definition) is 4. The number of anilines is 3. The first kappa shape index (κ1) is 32.2. The van der Waals surface area contributed by atoms with Gasteiger partial charge in [-0.25, -0.2) is 0 Å². The van der Waals surface area contributed by atoms with E-state index in [0.29, 0.717) is 46.8 Å². The molecule has 0 bridgehead atoms. The summed E-state index contributed by atoms with van der Waals surface area (Å²) in [5.41, 5.74) is 8.21. The number of carbonyl (C=O) groups excluding carboxylic acids is 6. The maximum atomic E-state index is 13.1. The number of unbranched alkanes of at least 4 members (excludes halogenated alkanes) is 1. The number of ketones is 2. The van der Waals surface area contributed by atoms with Gasteiger partial charge in [0.1, 0.15) is 22.8 Å². The predicted octanol–water partition coefficient (Wildman–Crippen LogP) is 3.24. The molecule has 47 heavy (non-hydrogen) atoms. The third-order valence-corrected chi connectivity index (χ3v) is 7.51. The largest absolute Gasteiger partial charge is 0.493 e. The van der Waals surface area contributed by atoms with Crippen LogP contribution in [-0.2, 0) is 35.5 Å². The van der Waals surface area contributed by atoms with Crippen LogP contribution in [0.2, 0.25) is 0 Å². The number of rotatable bonds is 12. The molecule has 5 rings (SSSR count). The molecule has 4 amide bonds. The second-order valence-electron chi connectivity index (χ2n) is 11.0. The molecule has 0 radical (unpaired) electrons. The Balaban J connectivity index is 1.10. The lowest BCUT2D eigenvalue weighted by Gasteiger charge is -2.16. The Hall–Kier alpha value is -6.18. The molecular formula is C33H33N7O7. The van der Waals surface area contributed by atoms with Crippen LogP contribution in [0.4, 0.5) is 17.1 Å². The van der Waals surface area contributed by atoms with E-state index in [4.69, 9.17) is 10.5 Å². The summed E-state index contributed by atoms with van der Waals surface area (Å²) in [7, 11) is 4.96. The number of benzene rings is 1. The molecule has 0 spiro atoms. The Kier molecular flexibility index (Phi) is 9.21. The number of nitrogens with zero attached hydrogens (tertiary/aromatic N) is 3. The minimum atomic E-state index is -0.629. The van der Waals surface area contributed by atoms with Gasteiger partial charge in [-0.2, -0.15) is 0 Å². The van der Waals surface area contributed by atoms with E-state index in [1.165, 1.54) is 22.8 Å². The zero-order chi connectivity index (χ0) is 33.8. The van der Waals surface area contributed by atoms with E-state index in [9.17, 15) is 28.8 Å². The van der Waals surface area contributed by atoms with Gasteiger partial charge in [0.25, 0.3) is 17.7 Å². The van der Waals surface area contributed by atoms with Crippen LogP contribution < -0.4 is 21.7 Å². The number of ether oxygens (including phenoxy) is 1. The molecule has 0 fully saturated rings. The second kappa shape index (κ2) is 13.4. The summed E-state index contributed by atoms with van der Waals surface area (Å²) in [6.45, 7) is 0.260. The quantitative estimate of drug-likeness (QED) is 0.135. The van der Waals surface area contributed by atoms with Crippen molar-refractivity contribution in [3.05, 3.63) is 95.3 Å². The fourth-order valence-corrected chi connectivity index (χ4v) is 5.19. The Morgan fingerprint density at radius 1 is 0.723 bits per heavy atom. The van der Waals surface area contributed by atoms with Crippen molar-refractivity contribution in [2.24, 2.45) is 26.9 Å². The molecule has 0 unspecified atom stereocenters. The molecule has 3 heterocycles. The number of allylic oxidation sites excluding steroid dienone is 1. The fourth-order valence-electron chi connectivity index (χ4n) is 5.19. The van der Waals surface area contributed by atoms with Crippen LogP contribution in [-0.4, -0.2) is 55.5 Å². The summed E-state index contributed by atoms with van der Waals surface area (Å²) in [6.07, 6.45) is 7.21. The number of hydrogen-bond acceptors (Lipinski definition) is 7. The number of aryl methyl sites for hydroxylation is 3. The fraction of sp³-hybridized carbons (Fsp3) is 0.212. The van der Waals surface area contributed by atoms with Gasteiger partial charge in [0, 0.05) is 63.4 Å². The SMILES string of the molecule is Cn1cc(NC(=O)c2cc(NC(=O)c3cc(NC(=O)CCCCOC4=CC(=O)C(=O)c5ccccc54)cn3C)cn2C)cc1C(N)=O. The first-order valence-corrected chi connectivity index (χ1v) is 14.6. The molecule has 14 heteroatoms. The standard InChI is InChI=1S/C33H33N7O7/c1-38-17-20(12-24(38)31(34)44)36-33(46)26-14-21(18-40(26)3)37-32(45)25-13-19(16-39(25)2)35-29(42)10-6-7-11-47-28-15-27(41)30(43)23-9-5-4-8-22(23)28/h4-5,8-9,12-18H,6-7,10-11H2,1-3H3,(H2,34,44)(H,35,42)(H,36,46)(H,37,45). The number of primary amides is 1. The van der Waals surface area contributed by atoms with Crippen molar-refractivity contribution in [3.63, 3.8) is 0 Å². The molecule has 5 N–H and O–H groups in total. The molecular weight excluding hydrogens is 606 g/mol. The maximum absolute atomic E-state index is 13.1. The van der Waals surface area contributed by atoms with E-state index < -0.39 is 29.3 Å². The normalized spacial score (nSPS) is 12.3. The van der Waals surface area contributed by atoms with Crippen molar-refractivity contribution in [1.82, 2.24) is 13.7 Å². The van der Waals surface area contributed by atoms with Gasteiger partial charge in [0.15, 0.2) is 0 Å². The number of Topliss-reactive ketones (excluding diaryl/α,β-unsaturated/α-hetero) is 1. The van der Waals surface area contributed by atoms with Gasteiger partial charge in [-0.3, -0.25) is 28.8 Å². The van der Waals surface area contributed by atoms with Crippen LogP contribution >= 0.6 is 0 Å². The average Bonchev–Trinajstić information content (AvgIpc) is 3.70. The van der Waals surface area contributed by atoms with Crippen LogP contribution in [0, 0.1) is 0 Å². The summed E-state index contributed by atoms with van der Waals surface area (Å²) in [5.74, 6) is -2.62. The van der Waals surface area contributed by atoms with E-state index >= 15 is 0 Å². The van der Waals surface area contributed by atoms with Crippen molar-refractivity contribution < 1.29 is 33.5 Å². The molecule has 3 aromatic heterocycles. The highest BCUT2D eigenvalue weighted by molar-refractivity contribution is 6.50. The average molecular weight is 640 g/mol. The smallest absolute Gasteiger partial charge is 0.272 e. The van der Waals surface area contributed by atoms with Crippen molar-refractivity contribution >= 4 is 58.0 Å². The molecule has 0 atom stereocenters. The second-order valence-corrected chi connectivity index (χ2v) is 11.0. The van der Waals surface area contributed by atoms with Gasteiger partial charge >= 0.3 is 0 Å². The van der Waals surface area contributed by atoms with E-state index in [1.807, 2.05) is 0 Å². The first-order chi connectivity index (χ1) is 22.4. The Labute approximate surface area is 269 Å². The van der Waals surface area contributed by atoms with Crippen molar-refractivity contribution in [3.8, 4) is 0 Å².